The Balaban J connectivity index is 2.49. The second kappa shape index (κ2) is 8.52. The standard InChI is InChI=1S/C15H30N2O/c1-4-7-14(16-6-3)12-17-11-10-13(5-2)8-9-15(17)18/h13-14,16H,4-12H2,1-3H3. The van der Waals surface area contributed by atoms with Crippen molar-refractivity contribution in [3.63, 3.8) is 0 Å². The zero-order valence-corrected chi connectivity index (χ0v) is 12.4. The Morgan fingerprint density at radius 2 is 2.11 bits per heavy atom. The van der Waals surface area contributed by atoms with Crippen LogP contribution in [-0.4, -0.2) is 36.5 Å². The van der Waals surface area contributed by atoms with Crippen LogP contribution in [-0.2, 0) is 4.79 Å². The molecule has 0 spiro atoms. The molecule has 1 aliphatic heterocycles. The minimum Gasteiger partial charge on any atom is -0.341 e. The molecule has 0 aromatic carbocycles. The Morgan fingerprint density at radius 3 is 2.72 bits per heavy atom. The van der Waals surface area contributed by atoms with Crippen molar-refractivity contribution in [1.29, 1.82) is 0 Å². The average Bonchev–Trinajstić information content (AvgIpc) is 2.53. The van der Waals surface area contributed by atoms with Gasteiger partial charge in [-0.15, -0.1) is 0 Å². The van der Waals surface area contributed by atoms with Gasteiger partial charge < -0.3 is 10.2 Å². The van der Waals surface area contributed by atoms with Crippen LogP contribution in [0.5, 0.6) is 0 Å². The number of hydrogen-bond donors (Lipinski definition) is 1. The summed E-state index contributed by atoms with van der Waals surface area (Å²) in [6, 6.07) is 0.474. The summed E-state index contributed by atoms with van der Waals surface area (Å²) in [6.07, 6.45) is 6.58. The third kappa shape index (κ3) is 4.97. The predicted molar refractivity (Wildman–Crippen MR) is 76.6 cm³/mol. The molecule has 1 fully saturated rings. The van der Waals surface area contributed by atoms with Gasteiger partial charge in [0.1, 0.15) is 0 Å². The van der Waals surface area contributed by atoms with Gasteiger partial charge in [0, 0.05) is 25.6 Å². The maximum Gasteiger partial charge on any atom is 0.222 e. The second-order valence-corrected chi connectivity index (χ2v) is 5.48. The van der Waals surface area contributed by atoms with Gasteiger partial charge in [0.15, 0.2) is 0 Å². The quantitative estimate of drug-likeness (QED) is 0.757. The average molecular weight is 254 g/mol. The smallest absolute Gasteiger partial charge is 0.222 e. The summed E-state index contributed by atoms with van der Waals surface area (Å²) in [5.41, 5.74) is 0. The molecule has 1 amide bonds. The predicted octanol–water partition coefficient (Wildman–Crippen LogP) is 2.80. The fourth-order valence-electron chi connectivity index (χ4n) is 2.86. The molecule has 1 heterocycles. The third-order valence-electron chi connectivity index (χ3n) is 4.07. The zero-order chi connectivity index (χ0) is 13.4. The summed E-state index contributed by atoms with van der Waals surface area (Å²) in [6.45, 7) is 9.44. The molecule has 18 heavy (non-hydrogen) atoms. The number of hydrogen-bond acceptors (Lipinski definition) is 2. The van der Waals surface area contributed by atoms with Gasteiger partial charge in [0.25, 0.3) is 0 Å². The Morgan fingerprint density at radius 1 is 1.33 bits per heavy atom. The van der Waals surface area contributed by atoms with Gasteiger partial charge in [-0.25, -0.2) is 0 Å². The number of nitrogens with one attached hydrogen (secondary N) is 1. The lowest BCUT2D eigenvalue weighted by atomic mass is 9.98. The summed E-state index contributed by atoms with van der Waals surface area (Å²) in [5, 5.41) is 3.50. The molecule has 0 aromatic rings. The molecule has 2 atom stereocenters. The maximum atomic E-state index is 12.1. The van der Waals surface area contributed by atoms with E-state index >= 15 is 0 Å². The first-order valence-corrected chi connectivity index (χ1v) is 7.72. The van der Waals surface area contributed by atoms with Crippen molar-refractivity contribution in [3.8, 4) is 0 Å². The highest BCUT2D eigenvalue weighted by Gasteiger charge is 2.23. The zero-order valence-electron chi connectivity index (χ0n) is 12.4. The maximum absolute atomic E-state index is 12.1. The molecule has 2 unspecified atom stereocenters. The number of rotatable bonds is 7. The van der Waals surface area contributed by atoms with Gasteiger partial charge >= 0.3 is 0 Å². The summed E-state index contributed by atoms with van der Waals surface area (Å²) < 4.78 is 0. The van der Waals surface area contributed by atoms with Crippen LogP contribution in [0.2, 0.25) is 0 Å². The lowest BCUT2D eigenvalue weighted by molar-refractivity contribution is -0.131. The molecule has 1 N–H and O–H groups in total. The monoisotopic (exact) mass is 254 g/mol. The highest BCUT2D eigenvalue weighted by Crippen LogP contribution is 2.21. The molecule has 3 heteroatoms. The first-order valence-electron chi connectivity index (χ1n) is 7.72. The molecule has 1 rings (SSSR count). The Labute approximate surface area is 112 Å². The number of likely N-dealkylation sites (tertiary alicyclic amines) is 1. The van der Waals surface area contributed by atoms with E-state index in [9.17, 15) is 4.79 Å². The molecule has 0 bridgehead atoms. The highest BCUT2D eigenvalue weighted by molar-refractivity contribution is 5.76. The van der Waals surface area contributed by atoms with Crippen LogP contribution in [0, 0.1) is 5.92 Å². The topological polar surface area (TPSA) is 32.3 Å². The fourth-order valence-corrected chi connectivity index (χ4v) is 2.86. The number of likely N-dealkylation sites (N-methyl/N-ethyl adjacent to an activating group) is 1. The van der Waals surface area contributed by atoms with Crippen LogP contribution < -0.4 is 5.32 Å². The van der Waals surface area contributed by atoms with Crippen LogP contribution in [0.4, 0.5) is 0 Å². The summed E-state index contributed by atoms with van der Waals surface area (Å²) in [7, 11) is 0. The van der Waals surface area contributed by atoms with Gasteiger partial charge in [-0.3, -0.25) is 4.79 Å². The van der Waals surface area contributed by atoms with E-state index in [2.05, 4.69) is 31.0 Å². The molecule has 106 valence electrons. The van der Waals surface area contributed by atoms with Crippen LogP contribution in [0.25, 0.3) is 0 Å². The van der Waals surface area contributed by atoms with E-state index in [1.807, 2.05) is 0 Å². The molecule has 0 aliphatic carbocycles. The van der Waals surface area contributed by atoms with Crippen LogP contribution in [0.3, 0.4) is 0 Å². The van der Waals surface area contributed by atoms with Crippen molar-refractivity contribution < 1.29 is 4.79 Å². The molecule has 0 saturated carbocycles. The van der Waals surface area contributed by atoms with Crippen molar-refractivity contribution in [3.05, 3.63) is 0 Å². The molecule has 0 radical (unpaired) electrons. The van der Waals surface area contributed by atoms with E-state index in [-0.39, 0.29) is 0 Å². The SMILES string of the molecule is CCCC(CN1CCC(CC)CCC1=O)NCC. The lowest BCUT2D eigenvalue weighted by Gasteiger charge is -2.27. The van der Waals surface area contributed by atoms with Gasteiger partial charge in [0.05, 0.1) is 0 Å². The Hall–Kier alpha value is -0.570. The van der Waals surface area contributed by atoms with E-state index in [0.29, 0.717) is 11.9 Å². The van der Waals surface area contributed by atoms with E-state index in [4.69, 9.17) is 0 Å². The molecule has 3 nitrogen and oxygen atoms in total. The normalized spacial score (nSPS) is 22.9. The van der Waals surface area contributed by atoms with Gasteiger partial charge in [-0.05, 0) is 31.7 Å². The van der Waals surface area contributed by atoms with Crippen molar-refractivity contribution in [2.75, 3.05) is 19.6 Å². The first-order chi connectivity index (χ1) is 8.71. The molecule has 1 saturated heterocycles. The van der Waals surface area contributed by atoms with Crippen molar-refractivity contribution in [1.82, 2.24) is 10.2 Å². The lowest BCUT2D eigenvalue weighted by Crippen LogP contribution is -2.43. The fraction of sp³-hybridized carbons (Fsp3) is 0.933. The minimum absolute atomic E-state index is 0.366. The molecule has 1 aliphatic rings. The van der Waals surface area contributed by atoms with E-state index < -0.39 is 0 Å². The van der Waals surface area contributed by atoms with E-state index in [1.54, 1.807) is 0 Å². The highest BCUT2D eigenvalue weighted by atomic mass is 16.2. The van der Waals surface area contributed by atoms with Crippen molar-refractivity contribution in [2.24, 2.45) is 5.92 Å². The summed E-state index contributed by atoms with van der Waals surface area (Å²) in [4.78, 5) is 14.2. The summed E-state index contributed by atoms with van der Waals surface area (Å²) >= 11 is 0. The van der Waals surface area contributed by atoms with Gasteiger partial charge in [0.2, 0.25) is 5.91 Å². The second-order valence-electron chi connectivity index (χ2n) is 5.48. The van der Waals surface area contributed by atoms with Crippen LogP contribution in [0.1, 0.15) is 59.3 Å². The van der Waals surface area contributed by atoms with Gasteiger partial charge in [-0.2, -0.15) is 0 Å². The van der Waals surface area contributed by atoms with Crippen LogP contribution in [0.15, 0.2) is 0 Å². The minimum atomic E-state index is 0.366. The van der Waals surface area contributed by atoms with Crippen LogP contribution >= 0.6 is 0 Å². The Bertz CT molecular complexity index is 237. The third-order valence-corrected chi connectivity index (χ3v) is 4.07. The summed E-state index contributed by atoms with van der Waals surface area (Å²) in [5.74, 6) is 1.12. The molecular weight excluding hydrogens is 224 g/mol. The number of nitrogens with zero attached hydrogens (tertiary/aromatic N) is 1. The van der Waals surface area contributed by atoms with E-state index in [0.717, 1.165) is 44.8 Å². The molecule has 0 aromatic heterocycles. The number of carbonyl (C=O) groups excluding carboxylic acids is 1. The van der Waals surface area contributed by atoms with Gasteiger partial charge in [-0.1, -0.05) is 33.6 Å². The number of amides is 1. The van der Waals surface area contributed by atoms with E-state index in [1.165, 1.54) is 19.3 Å². The Kier molecular flexibility index (Phi) is 7.33. The van der Waals surface area contributed by atoms with Crippen molar-refractivity contribution >= 4 is 5.91 Å². The molecular formula is C15H30N2O. The number of carbonyl (C=O) groups is 1. The largest absolute Gasteiger partial charge is 0.341 e. The van der Waals surface area contributed by atoms with Crippen molar-refractivity contribution in [2.45, 2.75) is 65.3 Å². The first kappa shape index (κ1) is 15.5.